The molecule has 0 aliphatic carbocycles. The molecule has 1 atom stereocenters. The third-order valence-corrected chi connectivity index (χ3v) is 7.12. The first-order chi connectivity index (χ1) is 20.3. The Morgan fingerprint density at radius 2 is 1.81 bits per heavy atom. The van der Waals surface area contributed by atoms with Crippen molar-refractivity contribution in [2.75, 3.05) is 31.5 Å². The first-order valence-electron chi connectivity index (χ1n) is 13.4. The molecule has 1 aliphatic heterocycles. The Bertz CT molecular complexity index is 1650. The lowest BCUT2D eigenvalue weighted by Crippen LogP contribution is -2.31. The fourth-order valence-corrected chi connectivity index (χ4v) is 5.12. The molecule has 10 nitrogen and oxygen atoms in total. The smallest absolute Gasteiger partial charge is 0.255 e. The van der Waals surface area contributed by atoms with E-state index in [1.165, 1.54) is 20.5 Å². The van der Waals surface area contributed by atoms with E-state index in [4.69, 9.17) is 30.5 Å². The number of benzene rings is 3. The second-order valence-corrected chi connectivity index (χ2v) is 10.1. The van der Waals surface area contributed by atoms with Gasteiger partial charge in [0.15, 0.2) is 11.5 Å². The van der Waals surface area contributed by atoms with Crippen LogP contribution in [0, 0.1) is 6.92 Å². The van der Waals surface area contributed by atoms with Crippen LogP contribution in [0.2, 0.25) is 5.02 Å². The van der Waals surface area contributed by atoms with Crippen LogP contribution in [0.25, 0.3) is 0 Å². The number of anilines is 2. The number of methoxy groups -OCH3 is 2. The number of hydrogen-bond donors (Lipinski definition) is 2. The summed E-state index contributed by atoms with van der Waals surface area (Å²) in [6.45, 7) is 6.60. The molecule has 3 aromatic carbocycles. The Morgan fingerprint density at radius 3 is 2.55 bits per heavy atom. The molecule has 5 rings (SSSR count). The number of aromatic nitrogens is 3. The van der Waals surface area contributed by atoms with Gasteiger partial charge in [-0.25, -0.2) is 4.68 Å². The second kappa shape index (κ2) is 12.4. The molecular weight excluding hydrogens is 558 g/mol. The molecule has 0 saturated heterocycles. The fourth-order valence-electron chi connectivity index (χ4n) is 4.89. The minimum atomic E-state index is -0.617. The molecule has 11 heteroatoms. The lowest BCUT2D eigenvalue weighted by Gasteiger charge is -2.29. The van der Waals surface area contributed by atoms with Gasteiger partial charge in [-0.3, -0.25) is 4.79 Å². The summed E-state index contributed by atoms with van der Waals surface area (Å²) in [4.78, 5) is 18.3. The molecule has 0 bridgehead atoms. The highest BCUT2D eigenvalue weighted by Crippen LogP contribution is 2.41. The average molecular weight is 590 g/mol. The van der Waals surface area contributed by atoms with Gasteiger partial charge in [-0.2, -0.15) is 10.1 Å². The number of nitrogens with zero attached hydrogens (tertiary/aromatic N) is 3. The van der Waals surface area contributed by atoms with Crippen LogP contribution in [0.1, 0.15) is 36.6 Å². The Balaban J connectivity index is 1.51. The number of amides is 1. The predicted octanol–water partition coefficient (Wildman–Crippen LogP) is 6.16. The topological polar surface area (TPSA) is 109 Å². The van der Waals surface area contributed by atoms with E-state index in [0.717, 1.165) is 16.7 Å². The van der Waals surface area contributed by atoms with Crippen LogP contribution in [-0.4, -0.2) is 41.5 Å². The third-order valence-electron chi connectivity index (χ3n) is 6.82. The molecular formula is C31H32ClN5O5. The highest BCUT2D eigenvalue weighted by Gasteiger charge is 2.34. The van der Waals surface area contributed by atoms with Crippen molar-refractivity contribution in [3.8, 4) is 23.0 Å². The van der Waals surface area contributed by atoms with Crippen molar-refractivity contribution in [3.63, 3.8) is 0 Å². The van der Waals surface area contributed by atoms with Crippen molar-refractivity contribution >= 4 is 29.1 Å². The summed E-state index contributed by atoms with van der Waals surface area (Å²) >= 11 is 6.28. The number of carbonyl (C=O) groups is 1. The molecule has 1 aromatic heterocycles. The molecule has 0 radical (unpaired) electrons. The maximum absolute atomic E-state index is 14.0. The number of hydrogen-bond acceptors (Lipinski definition) is 8. The number of fused-ring (bicyclic) bond motifs is 1. The zero-order valence-electron chi connectivity index (χ0n) is 24.0. The van der Waals surface area contributed by atoms with Gasteiger partial charge in [0, 0.05) is 17.8 Å². The summed E-state index contributed by atoms with van der Waals surface area (Å²) in [6.07, 6.45) is 1.44. The van der Waals surface area contributed by atoms with Gasteiger partial charge in [0.25, 0.3) is 5.91 Å². The van der Waals surface area contributed by atoms with Crippen LogP contribution in [0.4, 0.5) is 11.6 Å². The molecule has 2 N–H and O–H groups in total. The Hall–Kier alpha value is -4.70. The van der Waals surface area contributed by atoms with Gasteiger partial charge >= 0.3 is 0 Å². The molecule has 4 aromatic rings. The quantitative estimate of drug-likeness (QED) is 0.226. The van der Waals surface area contributed by atoms with Gasteiger partial charge in [0.05, 0.1) is 37.1 Å². The summed E-state index contributed by atoms with van der Waals surface area (Å²) in [5, 5.41) is 10.9. The molecule has 0 saturated carbocycles. The number of carbonyl (C=O) groups excluding carboxylic acids is 1. The number of halogens is 1. The molecule has 0 spiro atoms. The van der Waals surface area contributed by atoms with Gasteiger partial charge in [-0.15, -0.1) is 0 Å². The van der Waals surface area contributed by atoms with Crippen LogP contribution in [0.15, 0.2) is 72.2 Å². The maximum Gasteiger partial charge on any atom is 0.255 e. The van der Waals surface area contributed by atoms with Gasteiger partial charge in [0.1, 0.15) is 30.5 Å². The van der Waals surface area contributed by atoms with Crippen molar-refractivity contribution in [1.29, 1.82) is 0 Å². The summed E-state index contributed by atoms with van der Waals surface area (Å²) in [5.74, 6) is 2.09. The number of allylic oxidation sites excluding steroid dienone is 1. The van der Waals surface area contributed by atoms with E-state index in [2.05, 4.69) is 26.8 Å². The van der Waals surface area contributed by atoms with Crippen LogP contribution in [-0.2, 0) is 11.4 Å². The van der Waals surface area contributed by atoms with Gasteiger partial charge in [0.2, 0.25) is 5.95 Å². The van der Waals surface area contributed by atoms with Crippen LogP contribution in [0.3, 0.4) is 0 Å². The van der Waals surface area contributed by atoms with E-state index in [-0.39, 0.29) is 5.91 Å². The van der Waals surface area contributed by atoms with E-state index in [9.17, 15) is 4.79 Å². The monoisotopic (exact) mass is 589 g/mol. The molecule has 2 heterocycles. The predicted molar refractivity (Wildman–Crippen MR) is 161 cm³/mol. The number of aryl methyl sites for hydroxylation is 1. The van der Waals surface area contributed by atoms with Gasteiger partial charge < -0.3 is 29.6 Å². The summed E-state index contributed by atoms with van der Waals surface area (Å²) in [7, 11) is 3.01. The standard InChI is InChI=1S/C31H32ClN5O5/c1-6-41-27-13-21(10-11-24(27)42-16-20-9-7-8-18(2)12-20)29-28(19(3)35-31-33-17-34-37(29)31)30(38)36-23-15-25(39-4)22(32)14-26(23)40-5/h7-15,17,29H,6,16H2,1-5H3,(H,36,38)(H,33,34,35). The average Bonchev–Trinajstić information content (AvgIpc) is 3.44. The Labute approximate surface area is 249 Å². The summed E-state index contributed by atoms with van der Waals surface area (Å²) < 4.78 is 24.6. The normalized spacial score (nSPS) is 14.1. The lowest BCUT2D eigenvalue weighted by atomic mass is 9.94. The van der Waals surface area contributed by atoms with Crippen LogP contribution >= 0.6 is 11.6 Å². The first-order valence-corrected chi connectivity index (χ1v) is 13.8. The number of ether oxygens (including phenoxy) is 4. The van der Waals surface area contributed by atoms with E-state index >= 15 is 0 Å². The zero-order chi connectivity index (χ0) is 29.8. The fraction of sp³-hybridized carbons (Fsp3) is 0.258. The first kappa shape index (κ1) is 28.8. The molecule has 42 heavy (non-hydrogen) atoms. The zero-order valence-corrected chi connectivity index (χ0v) is 24.8. The molecule has 1 unspecified atom stereocenters. The van der Waals surface area contributed by atoms with Crippen molar-refractivity contribution in [2.45, 2.75) is 33.4 Å². The summed E-state index contributed by atoms with van der Waals surface area (Å²) in [6, 6.07) is 16.4. The highest BCUT2D eigenvalue weighted by atomic mass is 35.5. The molecule has 0 fully saturated rings. The molecule has 218 valence electrons. The molecule has 1 aliphatic rings. The van der Waals surface area contributed by atoms with Gasteiger partial charge in [-0.05, 0) is 44.0 Å². The molecule has 1 amide bonds. The lowest BCUT2D eigenvalue weighted by molar-refractivity contribution is -0.113. The number of rotatable bonds is 10. The highest BCUT2D eigenvalue weighted by molar-refractivity contribution is 6.32. The van der Waals surface area contributed by atoms with Crippen LogP contribution < -0.4 is 29.6 Å². The Morgan fingerprint density at radius 1 is 1.00 bits per heavy atom. The van der Waals surface area contributed by atoms with E-state index in [0.29, 0.717) is 64.1 Å². The van der Waals surface area contributed by atoms with Crippen LogP contribution in [0.5, 0.6) is 23.0 Å². The minimum absolute atomic E-state index is 0.361. The Kier molecular flexibility index (Phi) is 8.53. The maximum atomic E-state index is 14.0. The van der Waals surface area contributed by atoms with Crippen molar-refractivity contribution in [3.05, 3.63) is 93.9 Å². The minimum Gasteiger partial charge on any atom is -0.495 e. The largest absolute Gasteiger partial charge is 0.495 e. The third kappa shape index (κ3) is 5.84. The summed E-state index contributed by atoms with van der Waals surface area (Å²) in [5.41, 5.74) is 4.44. The second-order valence-electron chi connectivity index (χ2n) is 9.65. The van der Waals surface area contributed by atoms with E-state index in [1.807, 2.05) is 57.2 Å². The van der Waals surface area contributed by atoms with Crippen molar-refractivity contribution < 1.29 is 23.7 Å². The van der Waals surface area contributed by atoms with E-state index < -0.39 is 6.04 Å². The van der Waals surface area contributed by atoms with Crippen molar-refractivity contribution in [2.24, 2.45) is 0 Å². The van der Waals surface area contributed by atoms with Crippen molar-refractivity contribution in [1.82, 2.24) is 14.8 Å². The van der Waals surface area contributed by atoms with E-state index in [1.54, 1.807) is 16.8 Å². The SMILES string of the molecule is CCOc1cc(C2C(C(=O)Nc3cc(OC)c(Cl)cc3OC)=C(C)Nc3ncnn32)ccc1OCc1cccc(C)c1. The van der Waals surface area contributed by atoms with Gasteiger partial charge in [-0.1, -0.05) is 47.5 Å². The number of nitrogens with one attached hydrogen (secondary N) is 2.